The van der Waals surface area contributed by atoms with Crippen molar-refractivity contribution in [3.63, 3.8) is 0 Å². The van der Waals surface area contributed by atoms with Crippen LogP contribution in [0.25, 0.3) is 0 Å². The van der Waals surface area contributed by atoms with E-state index in [1.165, 1.54) is 5.56 Å². The molecule has 1 amide bonds. The summed E-state index contributed by atoms with van der Waals surface area (Å²) in [6.07, 6.45) is 1.33. The van der Waals surface area contributed by atoms with Gasteiger partial charge in [-0.15, -0.1) is 0 Å². The Balaban J connectivity index is 1.44. The number of nitrogens with one attached hydrogen (secondary N) is 1. The van der Waals surface area contributed by atoms with Crippen LogP contribution >= 0.6 is 23.2 Å². The first kappa shape index (κ1) is 20.9. The van der Waals surface area contributed by atoms with Crippen molar-refractivity contribution in [2.45, 2.75) is 18.9 Å². The standard InChI is InChI=1S/C24H19BCl2N4O/c25-17-7-5-16(6-8-17)23-14-20(28-31(23)22-10-9-18(26)13-19(22)27)24(32)29-30-12-11-15-3-1-2-4-21(15)30/h1-10,13,23H,11-12,14H2,(H,29,32)/t23-/m1/s1. The number of para-hydroxylation sites is 1. The maximum atomic E-state index is 13.2. The number of hydrogen-bond donors (Lipinski definition) is 1. The number of rotatable bonds is 4. The SMILES string of the molecule is [B]c1ccc([C@H]2CC(C(=O)NN3CCc4ccccc43)=NN2c2ccc(Cl)cc2Cl)cc1. The Bertz CT molecular complexity index is 1210. The van der Waals surface area contributed by atoms with Gasteiger partial charge in [0.25, 0.3) is 5.91 Å². The van der Waals surface area contributed by atoms with Crippen LogP contribution in [0.1, 0.15) is 23.6 Å². The van der Waals surface area contributed by atoms with E-state index in [0.717, 1.165) is 24.2 Å². The highest BCUT2D eigenvalue weighted by molar-refractivity contribution is 6.40. The van der Waals surface area contributed by atoms with E-state index in [1.54, 1.807) is 17.1 Å². The second-order valence-corrected chi connectivity index (χ2v) is 8.69. The summed E-state index contributed by atoms with van der Waals surface area (Å²) in [5.74, 6) is -0.227. The Morgan fingerprint density at radius 1 is 1.03 bits per heavy atom. The van der Waals surface area contributed by atoms with Gasteiger partial charge in [-0.25, -0.2) is 0 Å². The first-order chi connectivity index (χ1) is 15.5. The first-order valence-electron chi connectivity index (χ1n) is 10.3. The van der Waals surface area contributed by atoms with Crippen molar-refractivity contribution in [1.82, 2.24) is 5.43 Å². The average Bonchev–Trinajstić information content (AvgIpc) is 3.39. The highest BCUT2D eigenvalue weighted by Gasteiger charge is 2.34. The van der Waals surface area contributed by atoms with Crippen molar-refractivity contribution < 1.29 is 4.79 Å². The van der Waals surface area contributed by atoms with Gasteiger partial charge in [-0.3, -0.25) is 20.2 Å². The van der Waals surface area contributed by atoms with E-state index < -0.39 is 0 Å². The molecule has 0 spiro atoms. The van der Waals surface area contributed by atoms with E-state index in [0.29, 0.717) is 33.3 Å². The Morgan fingerprint density at radius 2 is 1.81 bits per heavy atom. The van der Waals surface area contributed by atoms with Crippen molar-refractivity contribution in [2.75, 3.05) is 16.6 Å². The predicted octanol–water partition coefficient (Wildman–Crippen LogP) is 4.19. The number of halogens is 2. The second-order valence-electron chi connectivity index (χ2n) is 7.84. The largest absolute Gasteiger partial charge is 0.286 e. The molecule has 0 saturated carbocycles. The van der Waals surface area contributed by atoms with Gasteiger partial charge in [-0.2, -0.15) is 5.10 Å². The Labute approximate surface area is 198 Å². The van der Waals surface area contributed by atoms with Gasteiger partial charge in [0, 0.05) is 18.0 Å². The van der Waals surface area contributed by atoms with E-state index in [9.17, 15) is 4.79 Å². The highest BCUT2D eigenvalue weighted by atomic mass is 35.5. The molecule has 2 aliphatic heterocycles. The number of benzene rings is 3. The van der Waals surface area contributed by atoms with Crippen LogP contribution in [0, 0.1) is 0 Å². The minimum absolute atomic E-state index is 0.194. The van der Waals surface area contributed by atoms with E-state index in [4.69, 9.17) is 31.0 Å². The van der Waals surface area contributed by atoms with Crippen LogP contribution < -0.4 is 20.9 Å². The molecule has 2 heterocycles. The molecule has 158 valence electrons. The van der Waals surface area contributed by atoms with E-state index in [2.05, 4.69) is 16.6 Å². The lowest BCUT2D eigenvalue weighted by Crippen LogP contribution is -2.44. The van der Waals surface area contributed by atoms with Gasteiger partial charge in [-0.05, 0) is 41.8 Å². The molecule has 3 aromatic rings. The first-order valence-corrected chi connectivity index (χ1v) is 11.1. The Hall–Kier alpha value is -2.96. The summed E-state index contributed by atoms with van der Waals surface area (Å²) in [5, 5.41) is 9.36. The molecule has 32 heavy (non-hydrogen) atoms. The van der Waals surface area contributed by atoms with Gasteiger partial charge in [0.1, 0.15) is 13.6 Å². The molecule has 0 saturated heterocycles. The zero-order valence-corrected chi connectivity index (χ0v) is 18.6. The highest BCUT2D eigenvalue weighted by Crippen LogP contribution is 2.39. The topological polar surface area (TPSA) is 47.9 Å². The fourth-order valence-electron chi connectivity index (χ4n) is 4.16. The molecular weight excluding hydrogens is 442 g/mol. The molecular formula is C24H19BCl2N4O. The third kappa shape index (κ3) is 3.96. The van der Waals surface area contributed by atoms with Crippen molar-refractivity contribution in [3.8, 4) is 0 Å². The minimum atomic E-state index is -0.227. The summed E-state index contributed by atoms with van der Waals surface area (Å²) in [6.45, 7) is 0.729. The normalized spacial score (nSPS) is 17.3. The van der Waals surface area contributed by atoms with E-state index in [-0.39, 0.29) is 11.9 Å². The molecule has 2 radical (unpaired) electrons. The third-order valence-corrected chi connectivity index (χ3v) is 6.31. The number of amides is 1. The number of hydrazone groups is 1. The number of nitrogens with zero attached hydrogens (tertiary/aromatic N) is 3. The van der Waals surface area contributed by atoms with Crippen molar-refractivity contribution >= 4 is 59.5 Å². The Kier molecular flexibility index (Phi) is 5.58. The fourth-order valence-corrected chi connectivity index (χ4v) is 4.65. The smallest absolute Gasteiger partial charge is 0.285 e. The number of fused-ring (bicyclic) bond motifs is 1. The van der Waals surface area contributed by atoms with Crippen LogP contribution in [-0.2, 0) is 11.2 Å². The number of carbonyl (C=O) groups excluding carboxylic acids is 1. The fraction of sp³-hybridized carbons (Fsp3) is 0.167. The van der Waals surface area contributed by atoms with Gasteiger partial charge in [-0.1, -0.05) is 71.1 Å². The summed E-state index contributed by atoms with van der Waals surface area (Å²) in [5.41, 5.74) is 8.04. The van der Waals surface area contributed by atoms with Crippen molar-refractivity contribution in [2.24, 2.45) is 5.10 Å². The summed E-state index contributed by atoms with van der Waals surface area (Å²) >= 11 is 12.6. The van der Waals surface area contributed by atoms with Gasteiger partial charge in [0.05, 0.1) is 22.4 Å². The van der Waals surface area contributed by atoms with E-state index >= 15 is 0 Å². The quantitative estimate of drug-likeness (QED) is 0.594. The van der Waals surface area contributed by atoms with Crippen LogP contribution in [0.2, 0.25) is 10.0 Å². The van der Waals surface area contributed by atoms with Crippen molar-refractivity contribution in [1.29, 1.82) is 0 Å². The third-order valence-electron chi connectivity index (χ3n) is 5.77. The number of hydrazine groups is 1. The van der Waals surface area contributed by atoms with E-state index in [1.807, 2.05) is 53.5 Å². The maximum Gasteiger partial charge on any atom is 0.286 e. The number of hydrogen-bond acceptors (Lipinski definition) is 4. The summed E-state index contributed by atoms with van der Waals surface area (Å²) < 4.78 is 0. The molecule has 5 nitrogen and oxygen atoms in total. The Morgan fingerprint density at radius 3 is 2.59 bits per heavy atom. The number of carbonyl (C=O) groups is 1. The molecule has 0 bridgehead atoms. The van der Waals surface area contributed by atoms with Gasteiger partial charge in [0.2, 0.25) is 0 Å². The molecule has 0 fully saturated rings. The molecule has 1 atom stereocenters. The molecule has 8 heteroatoms. The molecule has 5 rings (SSSR count). The van der Waals surface area contributed by atoms with Crippen LogP contribution in [0.5, 0.6) is 0 Å². The monoisotopic (exact) mass is 460 g/mol. The molecule has 3 aromatic carbocycles. The summed E-state index contributed by atoms with van der Waals surface area (Å²) in [4.78, 5) is 13.2. The van der Waals surface area contributed by atoms with Crippen LogP contribution in [0.15, 0.2) is 71.8 Å². The lowest BCUT2D eigenvalue weighted by molar-refractivity contribution is -0.115. The minimum Gasteiger partial charge on any atom is -0.285 e. The lowest BCUT2D eigenvalue weighted by Gasteiger charge is -2.25. The van der Waals surface area contributed by atoms with Gasteiger partial charge in [0.15, 0.2) is 0 Å². The molecule has 1 N–H and O–H groups in total. The second kappa shape index (κ2) is 8.53. The zero-order valence-electron chi connectivity index (χ0n) is 17.1. The van der Waals surface area contributed by atoms with Crippen LogP contribution in [0.3, 0.4) is 0 Å². The summed E-state index contributed by atoms with van der Waals surface area (Å²) in [7, 11) is 5.87. The van der Waals surface area contributed by atoms with Crippen molar-refractivity contribution in [3.05, 3.63) is 87.9 Å². The maximum absolute atomic E-state index is 13.2. The number of anilines is 2. The van der Waals surface area contributed by atoms with Crippen LogP contribution in [0.4, 0.5) is 11.4 Å². The predicted molar refractivity (Wildman–Crippen MR) is 131 cm³/mol. The molecule has 2 aliphatic rings. The lowest BCUT2D eigenvalue weighted by atomic mass is 9.92. The van der Waals surface area contributed by atoms with Gasteiger partial charge < -0.3 is 0 Å². The molecule has 0 aliphatic carbocycles. The molecule has 0 aromatic heterocycles. The molecule has 0 unspecified atom stereocenters. The van der Waals surface area contributed by atoms with Gasteiger partial charge >= 0.3 is 0 Å². The summed E-state index contributed by atoms with van der Waals surface area (Å²) in [6, 6.07) is 20.7. The van der Waals surface area contributed by atoms with Crippen LogP contribution in [-0.4, -0.2) is 26.0 Å². The average molecular weight is 461 g/mol. The zero-order chi connectivity index (χ0) is 22.2.